The second-order valence-corrected chi connectivity index (χ2v) is 5.32. The topological polar surface area (TPSA) is 22.0 Å². The maximum atomic E-state index is 12.0. The van der Waals surface area contributed by atoms with E-state index in [2.05, 4.69) is 22.0 Å². The molecule has 1 heterocycles. The predicted molar refractivity (Wildman–Crippen MR) is 78.1 cm³/mol. The van der Waals surface area contributed by atoms with Crippen LogP contribution in [0.5, 0.6) is 0 Å². The Labute approximate surface area is 151 Å². The van der Waals surface area contributed by atoms with Crippen LogP contribution >= 0.6 is 27.5 Å². The fourth-order valence-electron chi connectivity index (χ4n) is 1.92. The fraction of sp³-hybridized carbons (Fsp3) is 0.214. The van der Waals surface area contributed by atoms with Gasteiger partial charge in [0.25, 0.3) is 0 Å². The molecule has 2 rings (SSSR count). The van der Waals surface area contributed by atoms with Gasteiger partial charge in [0.05, 0.1) is 0 Å². The van der Waals surface area contributed by atoms with E-state index in [1.165, 1.54) is 6.07 Å². The van der Waals surface area contributed by atoms with Gasteiger partial charge in [-0.2, -0.15) is 23.7 Å². The monoisotopic (exact) mass is 413 g/mol. The molecule has 0 saturated carbocycles. The van der Waals surface area contributed by atoms with Gasteiger partial charge in [-0.15, -0.1) is 6.07 Å². The first-order valence-corrected chi connectivity index (χ1v) is 6.79. The summed E-state index contributed by atoms with van der Waals surface area (Å²) in [5.74, 6) is 0. The smallest absolute Gasteiger partial charge is 0.212 e. The number of nitrogens with zero attached hydrogens (tertiary/aromatic N) is 1. The predicted octanol–water partition coefficient (Wildman–Crippen LogP) is 4.06. The molecule has 0 aliphatic heterocycles. The van der Waals surface area contributed by atoms with Crippen molar-refractivity contribution in [1.29, 1.82) is 0 Å². The maximum absolute atomic E-state index is 12.0. The van der Waals surface area contributed by atoms with Crippen molar-refractivity contribution in [3.05, 3.63) is 55.7 Å². The second-order valence-electron chi connectivity index (χ2n) is 3.99. The molecule has 0 fully saturated rings. The van der Waals surface area contributed by atoms with Crippen LogP contribution in [0.25, 0.3) is 11.3 Å². The van der Waals surface area contributed by atoms with Gasteiger partial charge in [-0.25, -0.2) is 0 Å². The Morgan fingerprint density at radius 2 is 2.11 bits per heavy atom. The van der Waals surface area contributed by atoms with E-state index in [1.807, 2.05) is 32.0 Å². The van der Waals surface area contributed by atoms with Gasteiger partial charge in [0, 0.05) is 48.7 Å². The number of aromatic nitrogens is 1. The van der Waals surface area contributed by atoms with E-state index in [-0.39, 0.29) is 43.3 Å². The number of hydrogen-bond donors (Lipinski definition) is 0. The van der Waals surface area contributed by atoms with Crippen LogP contribution in [0.15, 0.2) is 33.5 Å². The molecule has 1 aromatic heterocycles. The first kappa shape index (κ1) is 17.1. The molecule has 0 unspecified atom stereocenters. The molecule has 0 spiro atoms. The SMILES string of the molecule is CCn1c(-c2ccc(Br)cc2C)[c-]cc(Cl)c1=O.[Y]. The summed E-state index contributed by atoms with van der Waals surface area (Å²) >= 11 is 9.28. The van der Waals surface area contributed by atoms with E-state index in [0.717, 1.165) is 21.3 Å². The fourth-order valence-corrected chi connectivity index (χ4v) is 2.55. The summed E-state index contributed by atoms with van der Waals surface area (Å²) in [5, 5.41) is 0.204. The summed E-state index contributed by atoms with van der Waals surface area (Å²) in [6, 6.07) is 10.6. The third-order valence-corrected chi connectivity index (χ3v) is 3.58. The zero-order valence-electron chi connectivity index (χ0n) is 10.7. The maximum Gasteiger partial charge on any atom is 0.212 e. The summed E-state index contributed by atoms with van der Waals surface area (Å²) in [4.78, 5) is 12.0. The first-order chi connectivity index (χ1) is 8.54. The van der Waals surface area contributed by atoms with E-state index in [9.17, 15) is 4.79 Å². The van der Waals surface area contributed by atoms with Gasteiger partial charge in [0.1, 0.15) is 0 Å². The Balaban J connectivity index is 0.00000180. The molecule has 97 valence electrons. The molecule has 1 radical (unpaired) electrons. The van der Waals surface area contributed by atoms with Crippen LogP contribution in [-0.2, 0) is 39.3 Å². The molecule has 0 amide bonds. The summed E-state index contributed by atoms with van der Waals surface area (Å²) in [6.45, 7) is 4.50. The minimum atomic E-state index is -0.171. The van der Waals surface area contributed by atoms with E-state index in [0.29, 0.717) is 6.54 Å². The Kier molecular flexibility index (Phi) is 6.45. The van der Waals surface area contributed by atoms with Gasteiger partial charge in [-0.3, -0.25) is 4.79 Å². The van der Waals surface area contributed by atoms with Crippen molar-refractivity contribution in [2.24, 2.45) is 0 Å². The summed E-state index contributed by atoms with van der Waals surface area (Å²) in [5.41, 5.74) is 2.69. The van der Waals surface area contributed by atoms with Crippen molar-refractivity contribution in [2.45, 2.75) is 20.4 Å². The van der Waals surface area contributed by atoms with Gasteiger partial charge < -0.3 is 4.57 Å². The number of aryl methyl sites for hydroxylation is 1. The Morgan fingerprint density at radius 1 is 1.42 bits per heavy atom. The van der Waals surface area contributed by atoms with Crippen LogP contribution in [0.1, 0.15) is 12.5 Å². The molecule has 1 aromatic carbocycles. The third kappa shape index (κ3) is 3.58. The number of pyridine rings is 1. The van der Waals surface area contributed by atoms with Crippen molar-refractivity contribution < 1.29 is 32.7 Å². The molecule has 0 N–H and O–H groups in total. The van der Waals surface area contributed by atoms with Crippen molar-refractivity contribution in [3.8, 4) is 11.3 Å². The first-order valence-electron chi connectivity index (χ1n) is 5.62. The second kappa shape index (κ2) is 7.17. The Bertz CT molecular complexity index is 654. The molecule has 2 nitrogen and oxygen atoms in total. The van der Waals surface area contributed by atoms with Gasteiger partial charge in [-0.05, 0) is 6.92 Å². The zero-order chi connectivity index (χ0) is 13.3. The average molecular weight is 415 g/mol. The van der Waals surface area contributed by atoms with Crippen LogP contribution in [0.4, 0.5) is 0 Å². The van der Waals surface area contributed by atoms with Crippen molar-refractivity contribution in [1.82, 2.24) is 4.57 Å². The minimum absolute atomic E-state index is 0. The van der Waals surface area contributed by atoms with E-state index in [4.69, 9.17) is 11.6 Å². The number of halogens is 2. The molecular formula is C14H12BrClNOY-. The molecule has 5 heteroatoms. The molecule has 0 bridgehead atoms. The molecule has 0 aliphatic rings. The molecule has 2 aromatic rings. The number of rotatable bonds is 2. The van der Waals surface area contributed by atoms with Crippen LogP contribution in [0, 0.1) is 13.0 Å². The number of benzene rings is 1. The van der Waals surface area contributed by atoms with Gasteiger partial charge in [0.2, 0.25) is 5.56 Å². The van der Waals surface area contributed by atoms with Gasteiger partial charge >= 0.3 is 0 Å². The molecule has 0 atom stereocenters. The molecule has 0 aliphatic carbocycles. The molecule has 0 saturated heterocycles. The Morgan fingerprint density at radius 3 is 2.68 bits per heavy atom. The average Bonchev–Trinajstić information content (AvgIpc) is 2.33. The van der Waals surface area contributed by atoms with Gasteiger partial charge in [-0.1, -0.05) is 51.8 Å². The molecular weight excluding hydrogens is 402 g/mol. The van der Waals surface area contributed by atoms with Crippen LogP contribution in [0.2, 0.25) is 5.02 Å². The largest absolute Gasteiger partial charge is 0.341 e. The van der Waals surface area contributed by atoms with Crippen molar-refractivity contribution in [2.75, 3.05) is 0 Å². The van der Waals surface area contributed by atoms with Crippen LogP contribution < -0.4 is 5.56 Å². The third-order valence-electron chi connectivity index (χ3n) is 2.81. The van der Waals surface area contributed by atoms with Gasteiger partial charge in [0.15, 0.2) is 0 Å². The normalized spacial score (nSPS) is 10.1. The zero-order valence-corrected chi connectivity index (χ0v) is 15.9. The van der Waals surface area contributed by atoms with E-state index >= 15 is 0 Å². The standard InChI is InChI=1S/C14H12BrClNO.Y/c1-3-17-13(7-6-12(16)14(17)18)11-5-4-10(15)8-9(11)2;/h4-6,8H,3H2,1-2H3;/q-1;. The minimum Gasteiger partial charge on any atom is -0.341 e. The quantitative estimate of drug-likeness (QED) is 0.680. The number of hydrogen-bond acceptors (Lipinski definition) is 1. The summed E-state index contributed by atoms with van der Waals surface area (Å²) < 4.78 is 2.65. The summed E-state index contributed by atoms with van der Waals surface area (Å²) in [6.07, 6.45) is 0. The van der Waals surface area contributed by atoms with Crippen molar-refractivity contribution in [3.63, 3.8) is 0 Å². The van der Waals surface area contributed by atoms with Crippen LogP contribution in [-0.4, -0.2) is 4.57 Å². The Hall–Kier alpha value is 0.0439. The summed E-state index contributed by atoms with van der Waals surface area (Å²) in [7, 11) is 0. The van der Waals surface area contributed by atoms with E-state index < -0.39 is 0 Å². The molecule has 19 heavy (non-hydrogen) atoms. The van der Waals surface area contributed by atoms with E-state index in [1.54, 1.807) is 4.57 Å². The van der Waals surface area contributed by atoms with Crippen molar-refractivity contribution >= 4 is 27.5 Å². The van der Waals surface area contributed by atoms with Crippen LogP contribution in [0.3, 0.4) is 0 Å².